The number of anilines is 1. The van der Waals surface area contributed by atoms with Gasteiger partial charge in [-0.3, -0.25) is 4.79 Å². The Kier molecular flexibility index (Phi) is 8.04. The predicted octanol–water partition coefficient (Wildman–Crippen LogP) is 3.52. The molecule has 0 aliphatic carbocycles. The van der Waals surface area contributed by atoms with Gasteiger partial charge < -0.3 is 14.8 Å². The van der Waals surface area contributed by atoms with Gasteiger partial charge in [-0.05, 0) is 42.8 Å². The zero-order chi connectivity index (χ0) is 21.4. The van der Waals surface area contributed by atoms with Crippen LogP contribution in [0, 0.1) is 0 Å². The average molecular weight is 421 g/mol. The number of para-hydroxylation sites is 2. The van der Waals surface area contributed by atoms with Gasteiger partial charge in [0.1, 0.15) is 0 Å². The summed E-state index contributed by atoms with van der Waals surface area (Å²) in [7, 11) is -2.00. The van der Waals surface area contributed by atoms with Crippen molar-refractivity contribution in [3.8, 4) is 11.5 Å². The molecule has 0 aromatic heterocycles. The lowest BCUT2D eigenvalue weighted by molar-refractivity contribution is -0.122. The number of nitrogens with one attached hydrogen (secondary N) is 1. The first-order valence-electron chi connectivity index (χ1n) is 9.58. The van der Waals surface area contributed by atoms with Crippen LogP contribution in [0.4, 0.5) is 5.69 Å². The smallest absolute Gasteiger partial charge is 0.265 e. The summed E-state index contributed by atoms with van der Waals surface area (Å²) in [6.45, 7) is 6.23. The van der Waals surface area contributed by atoms with Crippen LogP contribution in [-0.4, -0.2) is 44.9 Å². The van der Waals surface area contributed by atoms with Gasteiger partial charge in [-0.25, -0.2) is 8.42 Å². The Morgan fingerprint density at radius 3 is 2.10 bits per heavy atom. The highest BCUT2D eigenvalue weighted by Crippen LogP contribution is 2.27. The molecule has 0 radical (unpaired) electrons. The molecule has 8 heteroatoms. The first-order valence-corrected chi connectivity index (χ1v) is 11.0. The van der Waals surface area contributed by atoms with Gasteiger partial charge >= 0.3 is 0 Å². The van der Waals surface area contributed by atoms with Gasteiger partial charge in [0, 0.05) is 18.8 Å². The monoisotopic (exact) mass is 420 g/mol. The topological polar surface area (TPSA) is 84.9 Å². The van der Waals surface area contributed by atoms with E-state index in [2.05, 4.69) is 5.32 Å². The standard InChI is InChI=1S/C21H28N2O5S/c1-5-18(28-20-11-9-8-10-19(20)27-4)21(24)22-16-12-14-17(15-13-16)29(25,26)23(6-2)7-3/h8-15,18H,5-7H2,1-4H3,(H,22,24)/t18-/m0/s1. The van der Waals surface area contributed by atoms with E-state index in [1.807, 2.05) is 13.0 Å². The quantitative estimate of drug-likeness (QED) is 0.636. The van der Waals surface area contributed by atoms with Gasteiger partial charge in [-0.2, -0.15) is 4.31 Å². The van der Waals surface area contributed by atoms with Gasteiger partial charge in [0.25, 0.3) is 5.91 Å². The van der Waals surface area contributed by atoms with Crippen LogP contribution >= 0.6 is 0 Å². The second kappa shape index (κ2) is 10.3. The van der Waals surface area contributed by atoms with Crippen molar-refractivity contribution in [2.24, 2.45) is 0 Å². The largest absolute Gasteiger partial charge is 0.493 e. The molecule has 0 aliphatic heterocycles. The van der Waals surface area contributed by atoms with Crippen molar-refractivity contribution in [3.63, 3.8) is 0 Å². The molecule has 0 fully saturated rings. The minimum Gasteiger partial charge on any atom is -0.493 e. The molecule has 0 saturated carbocycles. The van der Waals surface area contributed by atoms with Gasteiger partial charge in [0.15, 0.2) is 17.6 Å². The van der Waals surface area contributed by atoms with Crippen LogP contribution in [0.1, 0.15) is 27.2 Å². The van der Waals surface area contributed by atoms with Crippen molar-refractivity contribution in [2.45, 2.75) is 38.2 Å². The van der Waals surface area contributed by atoms with E-state index in [1.165, 1.54) is 23.5 Å². The molecule has 1 atom stereocenters. The van der Waals surface area contributed by atoms with E-state index in [0.29, 0.717) is 36.7 Å². The maximum atomic E-state index is 12.6. The second-order valence-electron chi connectivity index (χ2n) is 6.27. The lowest BCUT2D eigenvalue weighted by atomic mass is 10.2. The predicted molar refractivity (Wildman–Crippen MR) is 113 cm³/mol. The number of sulfonamides is 1. The number of carbonyl (C=O) groups excluding carboxylic acids is 1. The molecule has 0 spiro atoms. The summed E-state index contributed by atoms with van der Waals surface area (Å²) in [5, 5.41) is 2.77. The Hall–Kier alpha value is -2.58. The van der Waals surface area contributed by atoms with E-state index in [4.69, 9.17) is 9.47 Å². The number of rotatable bonds is 10. The average Bonchev–Trinajstić information content (AvgIpc) is 2.73. The third kappa shape index (κ3) is 5.48. The van der Waals surface area contributed by atoms with Crippen molar-refractivity contribution >= 4 is 21.6 Å². The van der Waals surface area contributed by atoms with E-state index in [9.17, 15) is 13.2 Å². The van der Waals surface area contributed by atoms with Gasteiger partial charge in [0.2, 0.25) is 10.0 Å². The first kappa shape index (κ1) is 22.7. The fourth-order valence-corrected chi connectivity index (χ4v) is 4.30. The maximum Gasteiger partial charge on any atom is 0.265 e. The minimum absolute atomic E-state index is 0.191. The van der Waals surface area contributed by atoms with E-state index in [-0.39, 0.29) is 10.8 Å². The molecule has 1 N–H and O–H groups in total. The Bertz CT molecular complexity index is 909. The zero-order valence-corrected chi connectivity index (χ0v) is 18.0. The Morgan fingerprint density at radius 1 is 1.00 bits per heavy atom. The fourth-order valence-electron chi connectivity index (χ4n) is 2.84. The Morgan fingerprint density at radius 2 is 1.59 bits per heavy atom. The summed E-state index contributed by atoms with van der Waals surface area (Å²) in [6.07, 6.45) is -0.261. The van der Waals surface area contributed by atoms with Crippen LogP contribution in [-0.2, 0) is 14.8 Å². The SMILES string of the molecule is CC[C@H](Oc1ccccc1OC)C(=O)Nc1ccc(S(=O)(=O)N(CC)CC)cc1. The lowest BCUT2D eigenvalue weighted by Gasteiger charge is -2.20. The van der Waals surface area contributed by atoms with Crippen LogP contribution in [0.2, 0.25) is 0 Å². The molecule has 7 nitrogen and oxygen atoms in total. The number of hydrogen-bond donors (Lipinski definition) is 1. The van der Waals surface area contributed by atoms with Crippen LogP contribution < -0.4 is 14.8 Å². The Balaban J connectivity index is 2.11. The lowest BCUT2D eigenvalue weighted by Crippen LogP contribution is -2.32. The summed E-state index contributed by atoms with van der Waals surface area (Å²) in [4.78, 5) is 12.8. The molecular formula is C21H28N2O5S. The number of amides is 1. The number of nitrogens with zero attached hydrogens (tertiary/aromatic N) is 1. The van der Waals surface area contributed by atoms with E-state index in [0.717, 1.165) is 0 Å². The summed E-state index contributed by atoms with van der Waals surface area (Å²) in [5.41, 5.74) is 0.496. The Labute approximate surface area is 172 Å². The first-order chi connectivity index (χ1) is 13.9. The molecule has 2 aromatic rings. The minimum atomic E-state index is -3.53. The number of carbonyl (C=O) groups is 1. The van der Waals surface area contributed by atoms with Crippen LogP contribution in [0.5, 0.6) is 11.5 Å². The summed E-state index contributed by atoms with van der Waals surface area (Å²) in [6, 6.07) is 13.2. The van der Waals surface area contributed by atoms with Crippen molar-refractivity contribution in [1.82, 2.24) is 4.31 Å². The maximum absolute atomic E-state index is 12.6. The molecule has 0 bridgehead atoms. The molecule has 2 aromatic carbocycles. The second-order valence-corrected chi connectivity index (χ2v) is 8.21. The van der Waals surface area contributed by atoms with Crippen molar-refractivity contribution in [1.29, 1.82) is 0 Å². The number of ether oxygens (including phenoxy) is 2. The van der Waals surface area contributed by atoms with Gasteiger partial charge in [0.05, 0.1) is 12.0 Å². The highest BCUT2D eigenvalue weighted by molar-refractivity contribution is 7.89. The van der Waals surface area contributed by atoms with Crippen LogP contribution in [0.15, 0.2) is 53.4 Å². The molecule has 0 saturated heterocycles. The van der Waals surface area contributed by atoms with Crippen molar-refractivity contribution < 1.29 is 22.7 Å². The highest BCUT2D eigenvalue weighted by atomic mass is 32.2. The van der Waals surface area contributed by atoms with Gasteiger partial charge in [-0.15, -0.1) is 0 Å². The molecule has 1 amide bonds. The number of hydrogen-bond acceptors (Lipinski definition) is 5. The molecule has 0 unspecified atom stereocenters. The third-order valence-corrected chi connectivity index (χ3v) is 6.53. The number of benzene rings is 2. The molecule has 158 valence electrons. The third-order valence-electron chi connectivity index (χ3n) is 4.47. The molecule has 2 rings (SSSR count). The molecular weight excluding hydrogens is 392 g/mol. The normalized spacial score (nSPS) is 12.4. The van der Waals surface area contributed by atoms with E-state index in [1.54, 1.807) is 44.2 Å². The summed E-state index contributed by atoms with van der Waals surface area (Å²) >= 11 is 0. The van der Waals surface area contributed by atoms with E-state index >= 15 is 0 Å². The summed E-state index contributed by atoms with van der Waals surface area (Å²) < 4.78 is 37.6. The van der Waals surface area contributed by atoms with Crippen molar-refractivity contribution in [2.75, 3.05) is 25.5 Å². The fraction of sp³-hybridized carbons (Fsp3) is 0.381. The summed E-state index contributed by atoms with van der Waals surface area (Å²) in [5.74, 6) is 0.708. The molecule has 29 heavy (non-hydrogen) atoms. The molecule has 0 heterocycles. The molecule has 0 aliphatic rings. The van der Waals surface area contributed by atoms with Crippen LogP contribution in [0.25, 0.3) is 0 Å². The van der Waals surface area contributed by atoms with Crippen molar-refractivity contribution in [3.05, 3.63) is 48.5 Å². The zero-order valence-electron chi connectivity index (χ0n) is 17.2. The highest BCUT2D eigenvalue weighted by Gasteiger charge is 2.23. The van der Waals surface area contributed by atoms with E-state index < -0.39 is 16.1 Å². The van der Waals surface area contributed by atoms with Crippen LogP contribution in [0.3, 0.4) is 0 Å². The number of methoxy groups -OCH3 is 1. The van der Waals surface area contributed by atoms with Gasteiger partial charge in [-0.1, -0.05) is 32.9 Å².